The summed E-state index contributed by atoms with van der Waals surface area (Å²) in [5.41, 5.74) is 0. The van der Waals surface area contributed by atoms with E-state index in [-0.39, 0.29) is 0 Å². The Morgan fingerprint density at radius 1 is 1.58 bits per heavy atom. The first-order valence-electron chi connectivity index (χ1n) is 5.30. The van der Waals surface area contributed by atoms with Gasteiger partial charge < -0.3 is 10.1 Å². The molecule has 19 heavy (non-hydrogen) atoms. The first-order valence-corrected chi connectivity index (χ1v) is 7.00. The van der Waals surface area contributed by atoms with Gasteiger partial charge in [0, 0.05) is 6.54 Å². The molecule has 1 aromatic rings. The lowest BCUT2D eigenvalue weighted by atomic mass is 10.4. The van der Waals surface area contributed by atoms with Crippen LogP contribution in [0.25, 0.3) is 0 Å². The van der Waals surface area contributed by atoms with Gasteiger partial charge in [-0.15, -0.1) is 16.8 Å². The predicted molar refractivity (Wildman–Crippen MR) is 74.5 cm³/mol. The lowest BCUT2D eigenvalue weighted by Gasteiger charge is -2.07. The van der Waals surface area contributed by atoms with Crippen molar-refractivity contribution >= 4 is 40.2 Å². The number of ether oxygens (including phenoxy) is 1. The summed E-state index contributed by atoms with van der Waals surface area (Å²) >= 11 is 2.55. The third-order valence-electron chi connectivity index (χ3n) is 1.86. The number of carbonyl (C=O) groups excluding carboxylic acids is 2. The molecule has 2 amide bonds. The summed E-state index contributed by atoms with van der Waals surface area (Å²) in [4.78, 5) is 22.5. The average Bonchev–Trinajstić information content (AvgIpc) is 2.83. The largest absolute Gasteiger partial charge is 0.453 e. The molecule has 0 aliphatic heterocycles. The molecule has 0 aliphatic rings. The third-order valence-corrected chi connectivity index (χ3v) is 3.93. The summed E-state index contributed by atoms with van der Waals surface area (Å²) < 4.78 is 4.98. The van der Waals surface area contributed by atoms with Gasteiger partial charge in [0.2, 0.25) is 11.0 Å². The van der Waals surface area contributed by atoms with Crippen LogP contribution < -0.4 is 10.6 Å². The highest BCUT2D eigenvalue weighted by Gasteiger charge is 2.19. The minimum atomic E-state index is -0.775. The van der Waals surface area contributed by atoms with Crippen LogP contribution in [0, 0.1) is 0 Å². The number of rotatable bonds is 6. The molecule has 0 saturated carbocycles. The SMILES string of the molecule is C=CCNc1nnc(S[C@H](C)C(=O)NC(=O)OC)s1. The second-order valence-electron chi connectivity index (χ2n) is 3.28. The number of hydrogen-bond acceptors (Lipinski definition) is 8. The van der Waals surface area contributed by atoms with Crippen molar-refractivity contribution < 1.29 is 14.3 Å². The fourth-order valence-corrected chi connectivity index (χ4v) is 2.85. The number of anilines is 1. The topological polar surface area (TPSA) is 93.2 Å². The number of methoxy groups -OCH3 is 1. The Bertz CT molecular complexity index is 463. The van der Waals surface area contributed by atoms with E-state index in [0.29, 0.717) is 16.0 Å². The van der Waals surface area contributed by atoms with Crippen LogP contribution in [0.5, 0.6) is 0 Å². The smallest absolute Gasteiger partial charge is 0.413 e. The van der Waals surface area contributed by atoms with Crippen LogP contribution in [0.2, 0.25) is 0 Å². The summed E-state index contributed by atoms with van der Waals surface area (Å²) in [6.45, 7) is 5.84. The second-order valence-corrected chi connectivity index (χ2v) is 5.85. The molecular formula is C10H14N4O3S2. The van der Waals surface area contributed by atoms with Crippen LogP contribution in [0.4, 0.5) is 9.93 Å². The molecule has 1 aromatic heterocycles. The maximum absolute atomic E-state index is 11.6. The van der Waals surface area contributed by atoms with Crippen molar-refractivity contribution in [2.45, 2.75) is 16.5 Å². The molecule has 1 atom stereocenters. The first-order chi connectivity index (χ1) is 9.06. The van der Waals surface area contributed by atoms with Crippen LogP contribution in [-0.2, 0) is 9.53 Å². The van der Waals surface area contributed by atoms with E-state index in [4.69, 9.17) is 0 Å². The lowest BCUT2D eigenvalue weighted by Crippen LogP contribution is -2.35. The van der Waals surface area contributed by atoms with E-state index in [2.05, 4.69) is 32.1 Å². The van der Waals surface area contributed by atoms with Crippen LogP contribution in [-0.4, -0.2) is 41.1 Å². The molecule has 2 N–H and O–H groups in total. The molecule has 0 bridgehead atoms. The second kappa shape index (κ2) is 7.74. The number of amides is 2. The zero-order valence-electron chi connectivity index (χ0n) is 10.5. The standard InChI is InChI=1S/C10H14N4O3S2/c1-4-5-11-8-13-14-10(19-8)18-6(2)7(15)12-9(16)17-3/h4,6H,1,5H2,2-3H3,(H,11,13)(H,12,15,16)/t6-/m1/s1. The highest BCUT2D eigenvalue weighted by atomic mass is 32.2. The summed E-state index contributed by atoms with van der Waals surface area (Å²) in [6, 6.07) is 0. The zero-order chi connectivity index (χ0) is 14.3. The molecule has 9 heteroatoms. The van der Waals surface area contributed by atoms with Gasteiger partial charge in [0.15, 0.2) is 4.34 Å². The van der Waals surface area contributed by atoms with Crippen molar-refractivity contribution in [1.29, 1.82) is 0 Å². The van der Waals surface area contributed by atoms with E-state index >= 15 is 0 Å². The number of thioether (sulfide) groups is 1. The van der Waals surface area contributed by atoms with Gasteiger partial charge in [0.1, 0.15) is 0 Å². The molecule has 0 radical (unpaired) electrons. The van der Waals surface area contributed by atoms with Crippen molar-refractivity contribution in [3.05, 3.63) is 12.7 Å². The number of imide groups is 1. The van der Waals surface area contributed by atoms with Crippen molar-refractivity contribution in [3.8, 4) is 0 Å². The van der Waals surface area contributed by atoms with Gasteiger partial charge in [-0.2, -0.15) is 0 Å². The van der Waals surface area contributed by atoms with Crippen LogP contribution in [0.15, 0.2) is 17.0 Å². The number of aromatic nitrogens is 2. The van der Waals surface area contributed by atoms with E-state index in [1.54, 1.807) is 13.0 Å². The molecule has 0 aromatic carbocycles. The van der Waals surface area contributed by atoms with Gasteiger partial charge in [-0.3, -0.25) is 10.1 Å². The van der Waals surface area contributed by atoms with E-state index in [9.17, 15) is 9.59 Å². The molecule has 0 aliphatic carbocycles. The molecular weight excluding hydrogens is 288 g/mol. The maximum Gasteiger partial charge on any atom is 0.413 e. The predicted octanol–water partition coefficient (Wildman–Crippen LogP) is 1.50. The van der Waals surface area contributed by atoms with Crippen molar-refractivity contribution in [1.82, 2.24) is 15.5 Å². The highest BCUT2D eigenvalue weighted by Crippen LogP contribution is 2.28. The minimum Gasteiger partial charge on any atom is -0.453 e. The van der Waals surface area contributed by atoms with Crippen molar-refractivity contribution in [3.63, 3.8) is 0 Å². The Hall–Kier alpha value is -1.61. The molecule has 0 spiro atoms. The van der Waals surface area contributed by atoms with Crippen LogP contribution in [0.1, 0.15) is 6.92 Å². The number of nitrogens with zero attached hydrogens (tertiary/aromatic N) is 2. The van der Waals surface area contributed by atoms with Crippen LogP contribution >= 0.6 is 23.1 Å². The minimum absolute atomic E-state index is 0.437. The van der Waals surface area contributed by atoms with E-state index in [0.717, 1.165) is 0 Å². The van der Waals surface area contributed by atoms with Crippen molar-refractivity contribution in [2.75, 3.05) is 19.0 Å². The maximum atomic E-state index is 11.6. The normalized spacial score (nSPS) is 11.5. The molecule has 104 valence electrons. The molecule has 0 unspecified atom stereocenters. The zero-order valence-corrected chi connectivity index (χ0v) is 12.1. The summed E-state index contributed by atoms with van der Waals surface area (Å²) in [5, 5.41) is 13.1. The number of alkyl carbamates (subject to hydrolysis) is 1. The van der Waals surface area contributed by atoms with E-state index in [1.807, 2.05) is 0 Å². The van der Waals surface area contributed by atoms with Crippen LogP contribution in [0.3, 0.4) is 0 Å². The van der Waals surface area contributed by atoms with Gasteiger partial charge in [0.05, 0.1) is 12.4 Å². The number of nitrogens with one attached hydrogen (secondary N) is 2. The Kier molecular flexibility index (Phi) is 6.30. The quantitative estimate of drug-likeness (QED) is 0.607. The molecule has 1 heterocycles. The molecule has 1 rings (SSSR count). The monoisotopic (exact) mass is 302 g/mol. The summed E-state index contributed by atoms with van der Waals surface area (Å²) in [6.07, 6.45) is 0.934. The highest BCUT2D eigenvalue weighted by molar-refractivity contribution is 8.02. The van der Waals surface area contributed by atoms with Gasteiger partial charge in [-0.1, -0.05) is 29.2 Å². The van der Waals surface area contributed by atoms with Gasteiger partial charge in [-0.25, -0.2) is 4.79 Å². The lowest BCUT2D eigenvalue weighted by molar-refractivity contribution is -0.119. The van der Waals surface area contributed by atoms with Gasteiger partial charge in [0.25, 0.3) is 0 Å². The number of hydrogen-bond donors (Lipinski definition) is 2. The molecule has 7 nitrogen and oxygen atoms in total. The Morgan fingerprint density at radius 2 is 2.32 bits per heavy atom. The molecule has 0 fully saturated rings. The Balaban J connectivity index is 2.49. The van der Waals surface area contributed by atoms with E-state index < -0.39 is 17.3 Å². The average molecular weight is 302 g/mol. The molecule has 0 saturated heterocycles. The third kappa shape index (κ3) is 5.26. The first kappa shape index (κ1) is 15.4. The van der Waals surface area contributed by atoms with Crippen molar-refractivity contribution in [2.24, 2.45) is 0 Å². The van der Waals surface area contributed by atoms with Gasteiger partial charge >= 0.3 is 6.09 Å². The fourth-order valence-electron chi connectivity index (χ4n) is 0.946. The summed E-state index contributed by atoms with van der Waals surface area (Å²) in [5.74, 6) is -0.437. The van der Waals surface area contributed by atoms with E-state index in [1.165, 1.54) is 30.2 Å². The number of carbonyl (C=O) groups is 2. The Morgan fingerprint density at radius 3 is 2.95 bits per heavy atom. The fraction of sp³-hybridized carbons (Fsp3) is 0.400. The van der Waals surface area contributed by atoms with Gasteiger partial charge in [-0.05, 0) is 6.92 Å². The summed E-state index contributed by atoms with van der Waals surface area (Å²) in [7, 11) is 1.20. The Labute approximate surface area is 118 Å².